The first-order valence-electron chi connectivity index (χ1n) is 7.55. The van der Waals surface area contributed by atoms with Crippen LogP contribution in [-0.2, 0) is 0 Å². The maximum atomic E-state index is 8.94. The zero-order valence-corrected chi connectivity index (χ0v) is 13.2. The van der Waals surface area contributed by atoms with Crippen LogP contribution < -0.4 is 10.2 Å². The smallest absolute Gasteiger partial charge is 0.0991 e. The summed E-state index contributed by atoms with van der Waals surface area (Å²) in [4.78, 5) is 2.01. The molecule has 0 radical (unpaired) electrons. The first-order chi connectivity index (χ1) is 11.2. The summed E-state index contributed by atoms with van der Waals surface area (Å²) < 4.78 is 0. The van der Waals surface area contributed by atoms with Gasteiger partial charge in [-0.3, -0.25) is 0 Å². The number of hydrogen-bond donors (Lipinski definition) is 2. The van der Waals surface area contributed by atoms with Crippen LogP contribution in [0.2, 0.25) is 0 Å². The zero-order valence-electron chi connectivity index (χ0n) is 13.2. The van der Waals surface area contributed by atoms with E-state index in [2.05, 4.69) is 11.4 Å². The maximum absolute atomic E-state index is 8.94. The average Bonchev–Trinajstić information content (AvgIpc) is 2.60. The molecule has 0 atom stereocenters. The molecule has 0 unspecified atom stereocenters. The van der Waals surface area contributed by atoms with Gasteiger partial charge in [-0.1, -0.05) is 24.3 Å². The number of hydrogen-bond acceptors (Lipinski definition) is 4. The van der Waals surface area contributed by atoms with Crippen LogP contribution in [0.3, 0.4) is 0 Å². The summed E-state index contributed by atoms with van der Waals surface area (Å²) in [7, 11) is 1.96. The summed E-state index contributed by atoms with van der Waals surface area (Å²) in [5, 5.41) is 21.0. The van der Waals surface area contributed by atoms with Crippen molar-refractivity contribution in [3.05, 3.63) is 65.7 Å². The summed E-state index contributed by atoms with van der Waals surface area (Å²) in [6, 6.07) is 17.7. The lowest BCUT2D eigenvalue weighted by Crippen LogP contribution is -2.20. The second kappa shape index (κ2) is 8.62. The highest BCUT2D eigenvalue weighted by Crippen LogP contribution is 2.16. The van der Waals surface area contributed by atoms with Gasteiger partial charge >= 0.3 is 0 Å². The van der Waals surface area contributed by atoms with E-state index in [1.54, 1.807) is 0 Å². The molecule has 0 saturated heterocycles. The molecule has 0 saturated carbocycles. The number of nitriles is 1. The van der Waals surface area contributed by atoms with Crippen molar-refractivity contribution >= 4 is 17.5 Å². The third kappa shape index (κ3) is 5.17. The minimum Gasteiger partial charge on any atom is -0.395 e. The molecule has 23 heavy (non-hydrogen) atoms. The van der Waals surface area contributed by atoms with Gasteiger partial charge in [-0.05, 0) is 42.0 Å². The van der Waals surface area contributed by atoms with E-state index in [9.17, 15) is 0 Å². The molecule has 4 nitrogen and oxygen atoms in total. The molecule has 0 bridgehead atoms. The zero-order chi connectivity index (χ0) is 16.5. The highest BCUT2D eigenvalue weighted by Gasteiger charge is 1.99. The van der Waals surface area contributed by atoms with Crippen molar-refractivity contribution in [1.29, 1.82) is 5.26 Å². The number of aliphatic hydroxyl groups excluding tert-OH is 1. The summed E-state index contributed by atoms with van der Waals surface area (Å²) in [6.45, 7) is 1.50. The minimum absolute atomic E-state index is 0.149. The molecular formula is C19H21N3O. The second-order valence-electron chi connectivity index (χ2n) is 5.21. The van der Waals surface area contributed by atoms with Gasteiger partial charge < -0.3 is 15.3 Å². The Morgan fingerprint density at radius 3 is 2.43 bits per heavy atom. The fourth-order valence-corrected chi connectivity index (χ4v) is 2.15. The molecule has 0 spiro atoms. The Morgan fingerprint density at radius 1 is 1.13 bits per heavy atom. The lowest BCUT2D eigenvalue weighted by atomic mass is 10.1. The van der Waals surface area contributed by atoms with Crippen molar-refractivity contribution in [2.45, 2.75) is 0 Å². The van der Waals surface area contributed by atoms with Gasteiger partial charge in [0.15, 0.2) is 0 Å². The van der Waals surface area contributed by atoms with E-state index < -0.39 is 0 Å². The Hall–Kier alpha value is -2.77. The van der Waals surface area contributed by atoms with Crippen LogP contribution in [-0.4, -0.2) is 31.9 Å². The van der Waals surface area contributed by atoms with E-state index in [0.717, 1.165) is 23.5 Å². The number of anilines is 2. The molecule has 0 aliphatic heterocycles. The van der Waals surface area contributed by atoms with Gasteiger partial charge in [-0.25, -0.2) is 0 Å². The van der Waals surface area contributed by atoms with Crippen LogP contribution in [0, 0.1) is 11.3 Å². The molecule has 0 aliphatic rings. The average molecular weight is 307 g/mol. The summed E-state index contributed by atoms with van der Waals surface area (Å²) >= 11 is 0. The van der Waals surface area contributed by atoms with Crippen molar-refractivity contribution in [2.75, 3.05) is 37.0 Å². The van der Waals surface area contributed by atoms with Gasteiger partial charge in [-0.15, -0.1) is 0 Å². The Balaban J connectivity index is 1.83. The van der Waals surface area contributed by atoms with Crippen LogP contribution >= 0.6 is 0 Å². The van der Waals surface area contributed by atoms with Crippen molar-refractivity contribution < 1.29 is 5.11 Å². The minimum atomic E-state index is 0.149. The SMILES string of the molecule is CN(CCO)c1ccc(NC/C=C/c2ccc(C#N)cc2)cc1. The largest absolute Gasteiger partial charge is 0.395 e. The predicted octanol–water partition coefficient (Wildman–Crippen LogP) is 3.11. The van der Waals surface area contributed by atoms with Crippen LogP contribution in [0.5, 0.6) is 0 Å². The number of nitrogens with one attached hydrogen (secondary N) is 1. The summed E-state index contributed by atoms with van der Waals surface area (Å²) in [5.74, 6) is 0. The topological polar surface area (TPSA) is 59.3 Å². The monoisotopic (exact) mass is 307 g/mol. The molecule has 118 valence electrons. The van der Waals surface area contributed by atoms with E-state index in [1.807, 2.05) is 72.6 Å². The molecule has 0 fully saturated rings. The van der Waals surface area contributed by atoms with E-state index in [0.29, 0.717) is 12.1 Å². The molecule has 0 heterocycles. The molecule has 0 aliphatic carbocycles. The third-order valence-corrected chi connectivity index (χ3v) is 3.52. The molecule has 0 aromatic heterocycles. The number of likely N-dealkylation sites (N-methyl/N-ethyl adjacent to an activating group) is 1. The number of benzene rings is 2. The summed E-state index contributed by atoms with van der Waals surface area (Å²) in [5.41, 5.74) is 3.88. The highest BCUT2D eigenvalue weighted by molar-refractivity contribution is 5.56. The fraction of sp³-hybridized carbons (Fsp3) is 0.211. The van der Waals surface area contributed by atoms with Gasteiger partial charge in [0.2, 0.25) is 0 Å². The lowest BCUT2D eigenvalue weighted by Gasteiger charge is -2.18. The molecule has 0 amide bonds. The van der Waals surface area contributed by atoms with E-state index in [-0.39, 0.29) is 6.61 Å². The first kappa shape index (κ1) is 16.6. The van der Waals surface area contributed by atoms with Crippen molar-refractivity contribution in [3.8, 4) is 6.07 Å². The van der Waals surface area contributed by atoms with Gasteiger partial charge in [0.25, 0.3) is 0 Å². The number of aliphatic hydroxyl groups is 1. The van der Waals surface area contributed by atoms with E-state index in [1.165, 1.54) is 0 Å². The Morgan fingerprint density at radius 2 is 1.83 bits per heavy atom. The van der Waals surface area contributed by atoms with Crippen LogP contribution in [0.1, 0.15) is 11.1 Å². The highest BCUT2D eigenvalue weighted by atomic mass is 16.3. The molecule has 2 aromatic carbocycles. The number of rotatable bonds is 7. The fourth-order valence-electron chi connectivity index (χ4n) is 2.15. The normalized spacial score (nSPS) is 10.5. The molecular weight excluding hydrogens is 286 g/mol. The maximum Gasteiger partial charge on any atom is 0.0991 e. The quantitative estimate of drug-likeness (QED) is 0.825. The van der Waals surface area contributed by atoms with Crippen LogP contribution in [0.25, 0.3) is 6.08 Å². The Bertz CT molecular complexity index is 669. The van der Waals surface area contributed by atoms with E-state index in [4.69, 9.17) is 10.4 Å². The first-order valence-corrected chi connectivity index (χ1v) is 7.55. The van der Waals surface area contributed by atoms with Gasteiger partial charge in [0.05, 0.1) is 18.2 Å². The molecule has 2 rings (SSSR count). The standard InChI is InChI=1S/C19H21N3O/c1-22(13-14-23)19-10-8-18(9-11-19)21-12-2-3-16-4-6-17(15-20)7-5-16/h2-11,21,23H,12-14H2,1H3/b3-2+. The van der Waals surface area contributed by atoms with Gasteiger partial charge in [0, 0.05) is 31.5 Å². The third-order valence-electron chi connectivity index (χ3n) is 3.52. The van der Waals surface area contributed by atoms with Gasteiger partial charge in [0.1, 0.15) is 0 Å². The van der Waals surface area contributed by atoms with Gasteiger partial charge in [-0.2, -0.15) is 5.26 Å². The summed E-state index contributed by atoms with van der Waals surface area (Å²) in [6.07, 6.45) is 4.07. The van der Waals surface area contributed by atoms with E-state index >= 15 is 0 Å². The Labute approximate surface area is 137 Å². The molecule has 4 heteroatoms. The molecule has 2 aromatic rings. The predicted molar refractivity (Wildman–Crippen MR) is 95.5 cm³/mol. The van der Waals surface area contributed by atoms with Crippen LogP contribution in [0.4, 0.5) is 11.4 Å². The van der Waals surface area contributed by atoms with Crippen LogP contribution in [0.15, 0.2) is 54.6 Å². The second-order valence-corrected chi connectivity index (χ2v) is 5.21. The van der Waals surface area contributed by atoms with Crippen molar-refractivity contribution in [2.24, 2.45) is 0 Å². The Kier molecular flexibility index (Phi) is 6.22. The number of nitrogens with zero attached hydrogens (tertiary/aromatic N) is 2. The van der Waals surface area contributed by atoms with Crippen molar-refractivity contribution in [3.63, 3.8) is 0 Å². The lowest BCUT2D eigenvalue weighted by molar-refractivity contribution is 0.304. The van der Waals surface area contributed by atoms with Crippen molar-refractivity contribution in [1.82, 2.24) is 0 Å². The molecule has 2 N–H and O–H groups in total.